The Hall–Kier alpha value is -2.27. The van der Waals surface area contributed by atoms with Gasteiger partial charge in [0.1, 0.15) is 12.6 Å². The van der Waals surface area contributed by atoms with Gasteiger partial charge in [-0.05, 0) is 41.9 Å². The number of hydrogen-bond acceptors (Lipinski definition) is 4. The Morgan fingerprint density at radius 1 is 1.03 bits per heavy atom. The summed E-state index contributed by atoms with van der Waals surface area (Å²) in [5.41, 5.74) is 2.95. The number of nitrogens with one attached hydrogen (secondary N) is 1. The van der Waals surface area contributed by atoms with Gasteiger partial charge in [-0.25, -0.2) is 4.79 Å². The molecule has 1 aliphatic rings. The van der Waals surface area contributed by atoms with Crippen molar-refractivity contribution in [2.45, 2.75) is 71.3 Å². The minimum absolute atomic E-state index is 0.0379. The van der Waals surface area contributed by atoms with Gasteiger partial charge in [0.25, 0.3) is 0 Å². The number of fused-ring (bicyclic) bond motifs is 1. The van der Waals surface area contributed by atoms with Gasteiger partial charge in [0, 0.05) is 10.5 Å². The molecule has 3 rings (SSSR count). The van der Waals surface area contributed by atoms with E-state index in [0.717, 1.165) is 24.2 Å². The van der Waals surface area contributed by atoms with E-state index in [1.54, 1.807) is 0 Å². The number of rotatable bonds is 8. The van der Waals surface area contributed by atoms with Crippen LogP contribution in [0.3, 0.4) is 0 Å². The summed E-state index contributed by atoms with van der Waals surface area (Å²) in [4.78, 5) is 26.8. The van der Waals surface area contributed by atoms with E-state index in [1.165, 1.54) is 11.1 Å². The summed E-state index contributed by atoms with van der Waals surface area (Å²) in [6, 6.07) is 17.3. The molecule has 1 aliphatic carbocycles. The number of aryl methyl sites for hydroxylation is 1. The molecule has 2 aromatic carbocycles. The molecule has 2 aromatic rings. The van der Waals surface area contributed by atoms with Crippen molar-refractivity contribution < 1.29 is 14.3 Å². The largest absolute Gasteiger partial charge is 0.459 e. The van der Waals surface area contributed by atoms with Gasteiger partial charge in [-0.1, -0.05) is 89.2 Å². The zero-order valence-electron chi connectivity index (χ0n) is 20.5. The fraction of sp³-hybridized carbons (Fsp3) is 0.500. The summed E-state index contributed by atoms with van der Waals surface area (Å²) < 4.78 is 5.64. The van der Waals surface area contributed by atoms with Crippen molar-refractivity contribution in [3.63, 3.8) is 0 Å². The first-order valence-corrected chi connectivity index (χ1v) is 12.8. The Bertz CT molecular complexity index is 951. The lowest BCUT2D eigenvalue weighted by atomic mass is 9.72. The Kier molecular flexibility index (Phi) is 8.28. The highest BCUT2D eigenvalue weighted by molar-refractivity contribution is 8.00. The van der Waals surface area contributed by atoms with Gasteiger partial charge in [-0.3, -0.25) is 4.79 Å². The fourth-order valence-corrected chi connectivity index (χ4v) is 5.24. The van der Waals surface area contributed by atoms with Crippen LogP contribution in [0.1, 0.15) is 57.7 Å². The van der Waals surface area contributed by atoms with Crippen LogP contribution in [0.15, 0.2) is 54.6 Å². The van der Waals surface area contributed by atoms with Crippen LogP contribution in [0.5, 0.6) is 0 Å². The minimum Gasteiger partial charge on any atom is -0.459 e. The Morgan fingerprint density at radius 3 is 2.30 bits per heavy atom. The highest BCUT2D eigenvalue weighted by atomic mass is 32.2. The summed E-state index contributed by atoms with van der Waals surface area (Å²) in [5.74, 6) is 0.238. The molecule has 4 nitrogen and oxygen atoms in total. The molecule has 178 valence electrons. The maximum atomic E-state index is 13.8. The molecule has 5 heteroatoms. The third-order valence-corrected chi connectivity index (χ3v) is 7.78. The molecule has 0 radical (unpaired) electrons. The number of esters is 1. The standard InChI is InChI=1S/C28H37NO3S/c1-20(2)24(25(30)32-18-21-11-7-6-8-12-21)29-26(31)28(19-33-27(3,4)5)16-15-22-13-9-10-14-23(22)17-28/h6-14,20,24H,15-19H2,1-5H3,(H,29,31)/t24-,28?/m0/s1. The van der Waals surface area contributed by atoms with E-state index in [0.29, 0.717) is 6.42 Å². The average molecular weight is 468 g/mol. The summed E-state index contributed by atoms with van der Waals surface area (Å²) in [5, 5.41) is 3.10. The third kappa shape index (κ3) is 6.86. The van der Waals surface area contributed by atoms with E-state index < -0.39 is 11.5 Å². The van der Waals surface area contributed by atoms with Crippen LogP contribution < -0.4 is 5.32 Å². The van der Waals surface area contributed by atoms with Crippen LogP contribution in [-0.4, -0.2) is 28.4 Å². The molecule has 2 atom stereocenters. The maximum absolute atomic E-state index is 13.8. The van der Waals surface area contributed by atoms with Crippen molar-refractivity contribution in [2.24, 2.45) is 11.3 Å². The summed E-state index contributed by atoms with van der Waals surface area (Å²) >= 11 is 1.82. The molecular formula is C28H37NO3S. The first-order chi connectivity index (χ1) is 15.6. The van der Waals surface area contributed by atoms with E-state index in [4.69, 9.17) is 4.74 Å². The molecule has 33 heavy (non-hydrogen) atoms. The molecule has 0 aliphatic heterocycles. The van der Waals surface area contributed by atoms with Crippen LogP contribution >= 0.6 is 11.8 Å². The quantitative estimate of drug-likeness (QED) is 0.515. The smallest absolute Gasteiger partial charge is 0.329 e. The highest BCUT2D eigenvalue weighted by Crippen LogP contribution is 2.41. The molecule has 0 aromatic heterocycles. The number of hydrogen-bond donors (Lipinski definition) is 1. The predicted molar refractivity (Wildman–Crippen MR) is 136 cm³/mol. The molecular weight excluding hydrogens is 430 g/mol. The van der Waals surface area contributed by atoms with E-state index in [-0.39, 0.29) is 29.1 Å². The monoisotopic (exact) mass is 467 g/mol. The van der Waals surface area contributed by atoms with Crippen LogP contribution in [0.2, 0.25) is 0 Å². The van der Waals surface area contributed by atoms with Crippen molar-refractivity contribution >= 4 is 23.6 Å². The maximum Gasteiger partial charge on any atom is 0.329 e. The molecule has 1 unspecified atom stereocenters. The summed E-state index contributed by atoms with van der Waals surface area (Å²) in [7, 11) is 0. The van der Waals surface area contributed by atoms with Crippen molar-refractivity contribution in [3.05, 3.63) is 71.3 Å². The highest BCUT2D eigenvalue weighted by Gasteiger charge is 2.43. The zero-order chi connectivity index (χ0) is 24.1. The normalized spacial score (nSPS) is 19.0. The predicted octanol–water partition coefficient (Wildman–Crippen LogP) is 5.58. The second-order valence-electron chi connectivity index (χ2n) is 10.4. The first kappa shape index (κ1) is 25.4. The Balaban J connectivity index is 1.77. The molecule has 0 fully saturated rings. The topological polar surface area (TPSA) is 55.4 Å². The number of thioether (sulfide) groups is 1. The Labute approximate surface area is 202 Å². The van der Waals surface area contributed by atoms with E-state index >= 15 is 0 Å². The van der Waals surface area contributed by atoms with Crippen LogP contribution in [0, 0.1) is 11.3 Å². The SMILES string of the molecule is CC(C)[C@H](NC(=O)C1(CSC(C)(C)C)CCc2ccccc2C1)C(=O)OCc1ccccc1. The number of carbonyl (C=O) groups is 2. The van der Waals surface area contributed by atoms with Crippen LogP contribution in [0.25, 0.3) is 0 Å². The minimum atomic E-state index is -0.671. The molecule has 0 saturated carbocycles. The zero-order valence-corrected chi connectivity index (χ0v) is 21.3. The molecule has 0 spiro atoms. The van der Waals surface area contributed by atoms with Gasteiger partial charge in [-0.2, -0.15) is 11.8 Å². The number of ether oxygens (including phenoxy) is 1. The van der Waals surface area contributed by atoms with Crippen molar-refractivity contribution in [1.29, 1.82) is 0 Å². The first-order valence-electron chi connectivity index (χ1n) is 11.8. The summed E-state index contributed by atoms with van der Waals surface area (Å²) in [6.07, 6.45) is 2.35. The lowest BCUT2D eigenvalue weighted by Crippen LogP contribution is -2.54. The van der Waals surface area contributed by atoms with E-state index in [2.05, 4.69) is 44.3 Å². The van der Waals surface area contributed by atoms with Crippen molar-refractivity contribution in [2.75, 3.05) is 5.75 Å². The lowest BCUT2D eigenvalue weighted by molar-refractivity contribution is -0.151. The molecule has 1 N–H and O–H groups in total. The van der Waals surface area contributed by atoms with Gasteiger partial charge in [-0.15, -0.1) is 0 Å². The van der Waals surface area contributed by atoms with Crippen LogP contribution in [0.4, 0.5) is 0 Å². The van der Waals surface area contributed by atoms with Crippen molar-refractivity contribution in [1.82, 2.24) is 5.32 Å². The molecule has 0 heterocycles. The lowest BCUT2D eigenvalue weighted by Gasteiger charge is -2.39. The number of benzene rings is 2. The van der Waals surface area contributed by atoms with Crippen LogP contribution in [-0.2, 0) is 33.8 Å². The van der Waals surface area contributed by atoms with Gasteiger partial charge >= 0.3 is 5.97 Å². The second-order valence-corrected chi connectivity index (χ2v) is 12.2. The molecule has 1 amide bonds. The Morgan fingerprint density at radius 2 is 1.67 bits per heavy atom. The second kappa shape index (κ2) is 10.8. The van der Waals surface area contributed by atoms with Gasteiger partial charge in [0.15, 0.2) is 0 Å². The van der Waals surface area contributed by atoms with Gasteiger partial charge in [0.2, 0.25) is 5.91 Å². The molecule has 0 bridgehead atoms. The fourth-order valence-electron chi connectivity index (χ4n) is 4.15. The number of carbonyl (C=O) groups excluding carboxylic acids is 2. The van der Waals surface area contributed by atoms with Crippen molar-refractivity contribution in [3.8, 4) is 0 Å². The van der Waals surface area contributed by atoms with Gasteiger partial charge in [0.05, 0.1) is 5.41 Å². The average Bonchev–Trinajstić information content (AvgIpc) is 2.79. The van der Waals surface area contributed by atoms with E-state index in [1.807, 2.05) is 62.0 Å². The van der Waals surface area contributed by atoms with E-state index in [9.17, 15) is 9.59 Å². The van der Waals surface area contributed by atoms with Gasteiger partial charge < -0.3 is 10.1 Å². The third-order valence-electron chi connectivity index (χ3n) is 6.21. The summed E-state index contributed by atoms with van der Waals surface area (Å²) in [6.45, 7) is 10.6. The molecule has 0 saturated heterocycles. The number of amides is 1.